The fourth-order valence-electron chi connectivity index (χ4n) is 6.93. The third kappa shape index (κ3) is 9.63. The second kappa shape index (κ2) is 17.9. The van der Waals surface area contributed by atoms with Gasteiger partial charge in [0.05, 0.1) is 11.4 Å². The fraction of sp³-hybridized carbons (Fsp3) is 0.550. The number of hydrogen-bond donors (Lipinski definition) is 6. The van der Waals surface area contributed by atoms with Gasteiger partial charge in [0.1, 0.15) is 36.8 Å². The Morgan fingerprint density at radius 3 is 1.32 bits per heavy atom. The summed E-state index contributed by atoms with van der Waals surface area (Å²) < 4.78 is 11.8. The number of carboxylic acids is 2. The number of rotatable bonds is 6. The number of hydrazone groups is 2. The number of amides is 2. The lowest BCUT2D eigenvalue weighted by Crippen LogP contribution is -2.55. The number of aliphatic carboxylic acids is 2. The number of nitrogens with zero attached hydrogens (tertiary/aromatic N) is 4. The van der Waals surface area contributed by atoms with Crippen molar-refractivity contribution in [2.24, 2.45) is 10.2 Å². The van der Waals surface area contributed by atoms with Gasteiger partial charge < -0.3 is 40.1 Å². The minimum Gasteiger partial charge on any atom is -0.483 e. The summed E-state index contributed by atoms with van der Waals surface area (Å²) in [5.74, 6) is 2.12. The SMILES string of the molecule is CC(=O)O.CC(=O)O.CC(C)c1cc2c(cc1NC1CCC1)N1C(=NNC(=O)[C@@H]1C)CO2.CC(C)c1cc2c(cc1NC1CCC1)N1C(=NNC(=O)[C@H]1C)CO2. The average Bonchev–Trinajstić information content (AvgIpc) is 3.09. The molecule has 4 heterocycles. The van der Waals surface area contributed by atoms with Crippen LogP contribution in [0.15, 0.2) is 34.5 Å². The van der Waals surface area contributed by atoms with Gasteiger partial charge in [0.2, 0.25) is 0 Å². The Labute approximate surface area is 328 Å². The minimum absolute atomic E-state index is 0.0898. The van der Waals surface area contributed by atoms with E-state index in [0.717, 1.165) is 59.8 Å². The van der Waals surface area contributed by atoms with E-state index in [1.54, 1.807) is 0 Å². The molecule has 8 rings (SSSR count). The quantitative estimate of drug-likeness (QED) is 0.206. The first-order valence-corrected chi connectivity index (χ1v) is 19.4. The molecule has 0 radical (unpaired) electrons. The van der Waals surface area contributed by atoms with Crippen molar-refractivity contribution < 1.29 is 38.9 Å². The molecular formula is C40H56N8O8. The summed E-state index contributed by atoms with van der Waals surface area (Å²) in [5, 5.41) is 30.5. The molecule has 6 aliphatic rings. The highest BCUT2D eigenvalue weighted by molar-refractivity contribution is 6.10. The third-order valence-electron chi connectivity index (χ3n) is 10.3. The Hall–Kier alpha value is -5.54. The van der Waals surface area contributed by atoms with Crippen molar-refractivity contribution in [2.45, 2.75) is 130 Å². The zero-order chi connectivity index (χ0) is 40.8. The summed E-state index contributed by atoms with van der Waals surface area (Å²) >= 11 is 0. The molecule has 0 bridgehead atoms. The number of carboxylic acid groups (broad SMARTS) is 2. The van der Waals surface area contributed by atoms with Gasteiger partial charge in [-0.05, 0) is 99.6 Å². The van der Waals surface area contributed by atoms with Crippen molar-refractivity contribution in [1.29, 1.82) is 0 Å². The number of hydrogen-bond acceptors (Lipinski definition) is 12. The van der Waals surface area contributed by atoms with Crippen molar-refractivity contribution in [3.05, 3.63) is 35.4 Å². The van der Waals surface area contributed by atoms with Crippen molar-refractivity contribution in [3.8, 4) is 11.5 Å². The van der Waals surface area contributed by atoms with Gasteiger partial charge in [-0.25, -0.2) is 10.9 Å². The van der Waals surface area contributed by atoms with Gasteiger partial charge >= 0.3 is 0 Å². The maximum Gasteiger partial charge on any atom is 0.300 e. The molecule has 2 aromatic carbocycles. The molecule has 2 amide bonds. The fourth-order valence-corrected chi connectivity index (χ4v) is 6.93. The topological polar surface area (TPSA) is 207 Å². The zero-order valence-corrected chi connectivity index (χ0v) is 33.6. The van der Waals surface area contributed by atoms with Crippen LogP contribution in [-0.2, 0) is 19.2 Å². The molecule has 0 spiro atoms. The monoisotopic (exact) mass is 776 g/mol. The highest BCUT2D eigenvalue weighted by atomic mass is 16.5. The van der Waals surface area contributed by atoms with Crippen LogP contribution in [0.2, 0.25) is 0 Å². The van der Waals surface area contributed by atoms with E-state index in [9.17, 15) is 9.59 Å². The predicted molar refractivity (Wildman–Crippen MR) is 216 cm³/mol. The van der Waals surface area contributed by atoms with Gasteiger partial charge in [-0.1, -0.05) is 27.7 Å². The summed E-state index contributed by atoms with van der Waals surface area (Å²) in [4.78, 5) is 46.1. The molecule has 2 saturated carbocycles. The van der Waals surface area contributed by atoms with E-state index in [0.29, 0.717) is 37.1 Å². The molecule has 0 aromatic heterocycles. The maximum absolute atomic E-state index is 12.0. The Kier molecular flexibility index (Phi) is 13.3. The molecular weight excluding hydrogens is 720 g/mol. The van der Waals surface area contributed by atoms with Crippen molar-refractivity contribution >= 4 is 58.2 Å². The first-order chi connectivity index (χ1) is 26.5. The molecule has 0 unspecified atom stereocenters. The van der Waals surface area contributed by atoms with Crippen LogP contribution in [0.25, 0.3) is 0 Å². The van der Waals surface area contributed by atoms with Crippen LogP contribution in [0.1, 0.15) is 117 Å². The van der Waals surface area contributed by atoms with E-state index < -0.39 is 11.9 Å². The highest BCUT2D eigenvalue weighted by Crippen LogP contribution is 2.43. The summed E-state index contributed by atoms with van der Waals surface area (Å²) in [6.45, 7) is 15.5. The number of benzene rings is 2. The second-order valence-corrected chi connectivity index (χ2v) is 15.4. The Balaban J connectivity index is 0.000000180. The average molecular weight is 777 g/mol. The maximum atomic E-state index is 12.0. The van der Waals surface area contributed by atoms with Gasteiger partial charge in [0.15, 0.2) is 11.7 Å². The number of ether oxygens (including phenoxy) is 2. The standard InChI is InChI=1S/2C18H24N4O2.2C2H4O2/c2*1-10(2)13-7-16-15(8-14(13)19-12-5-4-6-12)22-11(3)18(23)21-20-17(22)9-24-16;2*1-2(3)4/h2*7-8,10-12,19H,4-6,9H2,1-3H3,(H,21,23);2*1H3,(H,3,4)/t2*11-;;/m10../s1. The van der Waals surface area contributed by atoms with E-state index in [4.69, 9.17) is 29.3 Å². The van der Waals surface area contributed by atoms with Crippen molar-refractivity contribution in [1.82, 2.24) is 10.9 Å². The van der Waals surface area contributed by atoms with E-state index in [-0.39, 0.29) is 23.9 Å². The van der Waals surface area contributed by atoms with E-state index in [2.05, 4.69) is 83.6 Å². The first-order valence-electron chi connectivity index (χ1n) is 19.4. The van der Waals surface area contributed by atoms with E-state index in [1.807, 2.05) is 23.6 Å². The number of carbonyl (C=O) groups is 4. The third-order valence-corrected chi connectivity index (χ3v) is 10.3. The molecule has 304 valence electrons. The summed E-state index contributed by atoms with van der Waals surface area (Å²) in [6.07, 6.45) is 7.48. The van der Waals surface area contributed by atoms with Crippen LogP contribution in [0.3, 0.4) is 0 Å². The summed E-state index contributed by atoms with van der Waals surface area (Å²) in [7, 11) is 0. The van der Waals surface area contributed by atoms with Gasteiger partial charge in [-0.2, -0.15) is 10.2 Å². The van der Waals surface area contributed by atoms with Gasteiger partial charge in [0, 0.05) is 37.3 Å². The normalized spacial score (nSPS) is 20.5. The Bertz CT molecular complexity index is 1730. The Morgan fingerprint density at radius 1 is 0.696 bits per heavy atom. The molecule has 0 saturated heterocycles. The molecule has 2 atom stereocenters. The Morgan fingerprint density at radius 2 is 1.04 bits per heavy atom. The van der Waals surface area contributed by atoms with Crippen LogP contribution < -0.4 is 40.8 Å². The molecule has 6 N–H and O–H groups in total. The number of carbonyl (C=O) groups excluding carboxylic acids is 2. The van der Waals surface area contributed by atoms with Gasteiger partial charge in [-0.3, -0.25) is 19.2 Å². The first kappa shape index (κ1) is 41.6. The number of fused-ring (bicyclic) bond motifs is 6. The van der Waals surface area contributed by atoms with E-state index in [1.165, 1.54) is 49.7 Å². The lowest BCUT2D eigenvalue weighted by atomic mass is 9.91. The predicted octanol–water partition coefficient (Wildman–Crippen LogP) is 5.79. The number of nitrogens with one attached hydrogen (secondary N) is 4. The number of anilines is 4. The van der Waals surface area contributed by atoms with Crippen LogP contribution >= 0.6 is 0 Å². The lowest BCUT2D eigenvalue weighted by Gasteiger charge is -2.39. The highest BCUT2D eigenvalue weighted by Gasteiger charge is 2.37. The van der Waals surface area contributed by atoms with Crippen LogP contribution in [0.5, 0.6) is 11.5 Å². The molecule has 2 aliphatic carbocycles. The lowest BCUT2D eigenvalue weighted by molar-refractivity contribution is -0.135. The van der Waals surface area contributed by atoms with Crippen LogP contribution in [0.4, 0.5) is 22.7 Å². The number of amidine groups is 2. The van der Waals surface area contributed by atoms with Crippen LogP contribution in [0, 0.1) is 0 Å². The van der Waals surface area contributed by atoms with Crippen LogP contribution in [-0.4, -0.2) is 83.0 Å². The minimum atomic E-state index is -0.833. The van der Waals surface area contributed by atoms with Gasteiger partial charge in [-0.15, -0.1) is 0 Å². The zero-order valence-electron chi connectivity index (χ0n) is 33.6. The van der Waals surface area contributed by atoms with Gasteiger partial charge in [0.25, 0.3) is 23.8 Å². The van der Waals surface area contributed by atoms with E-state index >= 15 is 0 Å². The van der Waals surface area contributed by atoms with Crippen molar-refractivity contribution in [3.63, 3.8) is 0 Å². The molecule has 16 nitrogen and oxygen atoms in total. The second-order valence-electron chi connectivity index (χ2n) is 15.4. The summed E-state index contributed by atoms with van der Waals surface area (Å²) in [6, 6.07) is 9.04. The van der Waals surface area contributed by atoms with Crippen molar-refractivity contribution in [2.75, 3.05) is 33.6 Å². The largest absolute Gasteiger partial charge is 0.483 e. The molecule has 56 heavy (non-hydrogen) atoms. The molecule has 4 aliphatic heterocycles. The molecule has 2 aromatic rings. The molecule has 2 fully saturated rings. The summed E-state index contributed by atoms with van der Waals surface area (Å²) in [5.41, 5.74) is 11.8. The molecule has 16 heteroatoms. The smallest absolute Gasteiger partial charge is 0.300 e.